The number of nitrogens with two attached hydrogens (primary N) is 1. The number of hydrogen-bond donors (Lipinski definition) is 2. The predicted molar refractivity (Wildman–Crippen MR) is 87.8 cm³/mol. The molecule has 1 amide bonds. The Labute approximate surface area is 128 Å². The first-order valence-corrected chi connectivity index (χ1v) is 7.67. The number of rotatable bonds is 6. The summed E-state index contributed by atoms with van der Waals surface area (Å²) < 4.78 is 5.42. The highest BCUT2D eigenvalue weighted by molar-refractivity contribution is 7.99. The monoisotopic (exact) mass is 302 g/mol. The van der Waals surface area contributed by atoms with Crippen LogP contribution in [0.15, 0.2) is 53.4 Å². The maximum Gasteiger partial charge on any atom is 0.262 e. The minimum atomic E-state index is -0.193. The van der Waals surface area contributed by atoms with Crippen molar-refractivity contribution in [3.05, 3.63) is 48.5 Å². The lowest BCUT2D eigenvalue weighted by molar-refractivity contribution is -0.118. The maximum absolute atomic E-state index is 12.0. The molecule has 2 aromatic carbocycles. The molecule has 0 saturated carbocycles. The fraction of sp³-hybridized carbons (Fsp3) is 0.188. The molecular weight excluding hydrogens is 284 g/mol. The zero-order chi connectivity index (χ0) is 15.1. The third kappa shape index (κ3) is 4.72. The van der Waals surface area contributed by atoms with Crippen molar-refractivity contribution in [2.75, 3.05) is 23.4 Å². The Hall–Kier alpha value is -2.14. The Bertz CT molecular complexity index is 617. The molecule has 21 heavy (non-hydrogen) atoms. The van der Waals surface area contributed by atoms with Gasteiger partial charge >= 0.3 is 0 Å². The molecule has 2 rings (SSSR count). The van der Waals surface area contributed by atoms with Gasteiger partial charge in [0, 0.05) is 16.6 Å². The zero-order valence-electron chi connectivity index (χ0n) is 11.8. The van der Waals surface area contributed by atoms with Crippen molar-refractivity contribution < 1.29 is 9.53 Å². The quantitative estimate of drug-likeness (QED) is 0.634. The van der Waals surface area contributed by atoms with Crippen LogP contribution in [0.3, 0.4) is 0 Å². The number of ether oxygens (including phenoxy) is 1. The van der Waals surface area contributed by atoms with Crippen LogP contribution in [0.25, 0.3) is 0 Å². The average Bonchev–Trinajstić information content (AvgIpc) is 2.48. The van der Waals surface area contributed by atoms with Gasteiger partial charge in [0.05, 0.1) is 5.69 Å². The number of benzene rings is 2. The van der Waals surface area contributed by atoms with Gasteiger partial charge in [-0.25, -0.2) is 0 Å². The van der Waals surface area contributed by atoms with Gasteiger partial charge in [-0.05, 0) is 30.0 Å². The molecule has 4 nitrogen and oxygen atoms in total. The number of thioether (sulfide) groups is 1. The van der Waals surface area contributed by atoms with E-state index in [2.05, 4.69) is 12.2 Å². The normalized spacial score (nSPS) is 10.1. The van der Waals surface area contributed by atoms with Gasteiger partial charge in [0.15, 0.2) is 6.61 Å². The summed E-state index contributed by atoms with van der Waals surface area (Å²) >= 11 is 1.69. The van der Waals surface area contributed by atoms with Crippen LogP contribution in [0.2, 0.25) is 0 Å². The highest BCUT2D eigenvalue weighted by Crippen LogP contribution is 2.26. The summed E-state index contributed by atoms with van der Waals surface area (Å²) in [6.07, 6.45) is 0. The molecule has 0 aliphatic rings. The topological polar surface area (TPSA) is 64.3 Å². The van der Waals surface area contributed by atoms with E-state index in [4.69, 9.17) is 10.5 Å². The van der Waals surface area contributed by atoms with Crippen molar-refractivity contribution in [3.63, 3.8) is 0 Å². The first kappa shape index (κ1) is 15.3. The summed E-state index contributed by atoms with van der Waals surface area (Å²) in [5.41, 5.74) is 7.08. The molecule has 0 heterocycles. The van der Waals surface area contributed by atoms with E-state index in [-0.39, 0.29) is 12.5 Å². The van der Waals surface area contributed by atoms with Crippen LogP contribution in [-0.4, -0.2) is 18.3 Å². The van der Waals surface area contributed by atoms with Gasteiger partial charge in [-0.15, -0.1) is 11.8 Å². The number of nitrogens with one attached hydrogen (secondary N) is 1. The van der Waals surface area contributed by atoms with Gasteiger partial charge in [0.1, 0.15) is 5.75 Å². The van der Waals surface area contributed by atoms with Crippen molar-refractivity contribution >= 4 is 29.0 Å². The van der Waals surface area contributed by atoms with Crippen LogP contribution in [0.1, 0.15) is 6.92 Å². The van der Waals surface area contributed by atoms with Gasteiger partial charge in [0.25, 0.3) is 5.91 Å². The fourth-order valence-electron chi connectivity index (χ4n) is 1.79. The molecule has 0 saturated heterocycles. The Balaban J connectivity index is 1.93. The molecule has 0 aliphatic heterocycles. The van der Waals surface area contributed by atoms with Crippen molar-refractivity contribution in [3.8, 4) is 5.75 Å². The third-order valence-corrected chi connectivity index (χ3v) is 3.64. The van der Waals surface area contributed by atoms with Gasteiger partial charge in [-0.3, -0.25) is 4.79 Å². The Morgan fingerprint density at radius 1 is 1.24 bits per heavy atom. The lowest BCUT2D eigenvalue weighted by atomic mass is 10.3. The number of amides is 1. The molecule has 0 radical (unpaired) electrons. The molecule has 0 unspecified atom stereocenters. The van der Waals surface area contributed by atoms with Crippen molar-refractivity contribution in [1.29, 1.82) is 0 Å². The Kier molecular flexibility index (Phi) is 5.51. The van der Waals surface area contributed by atoms with E-state index >= 15 is 0 Å². The summed E-state index contributed by atoms with van der Waals surface area (Å²) in [5, 5.41) is 2.86. The second-order valence-electron chi connectivity index (χ2n) is 4.34. The lowest BCUT2D eigenvalue weighted by Crippen LogP contribution is -2.20. The van der Waals surface area contributed by atoms with E-state index in [1.54, 1.807) is 36.0 Å². The molecule has 0 aromatic heterocycles. The fourth-order valence-corrected chi connectivity index (χ4v) is 2.55. The van der Waals surface area contributed by atoms with Crippen LogP contribution in [0.5, 0.6) is 5.75 Å². The van der Waals surface area contributed by atoms with E-state index in [1.165, 1.54) is 0 Å². The van der Waals surface area contributed by atoms with E-state index < -0.39 is 0 Å². The summed E-state index contributed by atoms with van der Waals surface area (Å²) in [4.78, 5) is 13.0. The van der Waals surface area contributed by atoms with Gasteiger partial charge in [-0.2, -0.15) is 0 Å². The van der Waals surface area contributed by atoms with Gasteiger partial charge in [0.2, 0.25) is 0 Å². The summed E-state index contributed by atoms with van der Waals surface area (Å²) in [5.74, 6) is 1.34. The molecular formula is C16H18N2O2S. The first-order valence-electron chi connectivity index (χ1n) is 6.69. The zero-order valence-corrected chi connectivity index (χ0v) is 12.7. The molecule has 5 heteroatoms. The number of para-hydroxylation sites is 1. The molecule has 2 aromatic rings. The summed E-state index contributed by atoms with van der Waals surface area (Å²) in [6, 6.07) is 14.7. The second-order valence-corrected chi connectivity index (χ2v) is 5.64. The Morgan fingerprint density at radius 3 is 2.81 bits per heavy atom. The van der Waals surface area contributed by atoms with Crippen molar-refractivity contribution in [2.24, 2.45) is 0 Å². The number of carbonyl (C=O) groups excluding carboxylic acids is 1. The highest BCUT2D eigenvalue weighted by Gasteiger charge is 2.07. The number of nitrogen functional groups attached to an aromatic ring is 1. The number of hydrogen-bond acceptors (Lipinski definition) is 4. The van der Waals surface area contributed by atoms with E-state index in [0.29, 0.717) is 11.4 Å². The number of anilines is 2. The molecule has 0 atom stereocenters. The van der Waals surface area contributed by atoms with Crippen molar-refractivity contribution in [1.82, 2.24) is 0 Å². The predicted octanol–water partition coefficient (Wildman–Crippen LogP) is 3.40. The SMILES string of the molecule is CCSc1ccccc1NC(=O)COc1cccc(N)c1. The van der Waals surface area contributed by atoms with E-state index in [0.717, 1.165) is 16.3 Å². The largest absolute Gasteiger partial charge is 0.484 e. The smallest absolute Gasteiger partial charge is 0.262 e. The van der Waals surface area contributed by atoms with E-state index in [9.17, 15) is 4.79 Å². The number of carbonyl (C=O) groups is 1. The standard InChI is InChI=1S/C16H18N2O2S/c1-2-21-15-9-4-3-8-14(15)18-16(19)11-20-13-7-5-6-12(17)10-13/h3-10H,2,11,17H2,1H3,(H,18,19). The molecule has 110 valence electrons. The average molecular weight is 302 g/mol. The minimum absolute atomic E-state index is 0.0470. The first-order chi connectivity index (χ1) is 10.2. The third-order valence-electron chi connectivity index (χ3n) is 2.69. The van der Waals surface area contributed by atoms with Gasteiger partial charge in [-0.1, -0.05) is 25.1 Å². The molecule has 0 aliphatic carbocycles. The van der Waals surface area contributed by atoms with Crippen LogP contribution in [0, 0.1) is 0 Å². The second kappa shape index (κ2) is 7.59. The van der Waals surface area contributed by atoms with Crippen LogP contribution >= 0.6 is 11.8 Å². The van der Waals surface area contributed by atoms with Crippen LogP contribution in [0.4, 0.5) is 11.4 Å². The highest BCUT2D eigenvalue weighted by atomic mass is 32.2. The molecule has 0 bridgehead atoms. The van der Waals surface area contributed by atoms with Gasteiger partial charge < -0.3 is 15.8 Å². The summed E-state index contributed by atoms with van der Waals surface area (Å²) in [6.45, 7) is 2.03. The maximum atomic E-state index is 12.0. The van der Waals surface area contributed by atoms with Crippen LogP contribution < -0.4 is 15.8 Å². The van der Waals surface area contributed by atoms with E-state index in [1.807, 2.05) is 24.3 Å². The molecule has 0 fully saturated rings. The molecule has 3 N–H and O–H groups in total. The van der Waals surface area contributed by atoms with Crippen molar-refractivity contribution in [2.45, 2.75) is 11.8 Å². The molecule has 0 spiro atoms. The lowest BCUT2D eigenvalue weighted by Gasteiger charge is -2.11. The minimum Gasteiger partial charge on any atom is -0.484 e. The van der Waals surface area contributed by atoms with Crippen LogP contribution in [-0.2, 0) is 4.79 Å². The summed E-state index contributed by atoms with van der Waals surface area (Å²) in [7, 11) is 0. The Morgan fingerprint density at radius 2 is 2.05 bits per heavy atom.